The summed E-state index contributed by atoms with van der Waals surface area (Å²) in [5.41, 5.74) is 10.4. The second kappa shape index (κ2) is 11.0. The Labute approximate surface area is 237 Å². The van der Waals surface area contributed by atoms with E-state index in [9.17, 15) is 13.2 Å². The van der Waals surface area contributed by atoms with Crippen molar-refractivity contribution in [2.24, 2.45) is 0 Å². The van der Waals surface area contributed by atoms with Gasteiger partial charge in [-0.05, 0) is 82.0 Å². The predicted molar refractivity (Wildman–Crippen MR) is 158 cm³/mol. The molecule has 1 aliphatic carbocycles. The average Bonchev–Trinajstić information content (AvgIpc) is 3.31. The van der Waals surface area contributed by atoms with Crippen LogP contribution < -0.4 is 0 Å². The smallest absolute Gasteiger partial charge is 0.279 e. The monoisotopic (exact) mass is 572 g/mol. The number of rotatable bonds is 3. The van der Waals surface area contributed by atoms with Crippen molar-refractivity contribution in [2.45, 2.75) is 25.8 Å². The molecule has 1 aliphatic rings. The van der Waals surface area contributed by atoms with E-state index in [0.717, 1.165) is 6.42 Å². The molecule has 41 heavy (non-hydrogen) atoms. The molecule has 0 amide bonds. The second-order valence-corrected chi connectivity index (χ2v) is 11.5. The molecule has 0 radical (unpaired) electrons. The molecule has 0 saturated carbocycles. The molecule has 3 nitrogen and oxygen atoms in total. The number of aryl methyl sites for hydroxylation is 2. The van der Waals surface area contributed by atoms with E-state index in [1.807, 2.05) is 0 Å². The highest BCUT2D eigenvalue weighted by Gasteiger charge is 2.44. The highest BCUT2D eigenvalue weighted by Crippen LogP contribution is 2.50. The van der Waals surface area contributed by atoms with Crippen LogP contribution >= 0.6 is 0 Å². The van der Waals surface area contributed by atoms with Crippen LogP contribution in [0.3, 0.4) is 0 Å². The van der Waals surface area contributed by atoms with Crippen LogP contribution in [0.2, 0.25) is 0 Å². The summed E-state index contributed by atoms with van der Waals surface area (Å²) >= 11 is 0. The predicted octanol–water partition coefficient (Wildman–Crippen LogP) is 9.27. The fourth-order valence-corrected chi connectivity index (χ4v) is 5.18. The van der Waals surface area contributed by atoms with Crippen LogP contribution in [0.1, 0.15) is 22.3 Å². The van der Waals surface area contributed by atoms with Gasteiger partial charge in [-0.1, -0.05) is 114 Å². The zero-order valence-electron chi connectivity index (χ0n) is 22.4. The van der Waals surface area contributed by atoms with Crippen molar-refractivity contribution in [1.82, 2.24) is 0 Å². The van der Waals surface area contributed by atoms with Crippen LogP contribution in [-0.4, -0.2) is 18.5 Å². The quantitative estimate of drug-likeness (QED) is 0.170. The second-order valence-electron chi connectivity index (χ2n) is 10.1. The van der Waals surface area contributed by atoms with Crippen molar-refractivity contribution in [3.63, 3.8) is 0 Å². The first-order valence-electron chi connectivity index (χ1n) is 13.0. The molecular formula is C34H27F3O3S. The Balaban J connectivity index is 0.000000372. The first-order valence-corrected chi connectivity index (χ1v) is 14.4. The van der Waals surface area contributed by atoms with Gasteiger partial charge in [0.1, 0.15) is 0 Å². The molecule has 1 N–H and O–H groups in total. The van der Waals surface area contributed by atoms with E-state index in [4.69, 9.17) is 13.0 Å². The molecule has 0 aliphatic heterocycles. The average molecular weight is 573 g/mol. The lowest BCUT2D eigenvalue weighted by Gasteiger charge is -2.21. The molecule has 7 heteroatoms. The topological polar surface area (TPSA) is 54.4 Å². The minimum atomic E-state index is -5.84. The maximum atomic E-state index is 10.7. The number of hydrogen-bond donors (Lipinski definition) is 1. The van der Waals surface area contributed by atoms with E-state index in [1.54, 1.807) is 0 Å². The Bertz CT molecular complexity index is 1810. The molecule has 0 atom stereocenters. The molecule has 0 heterocycles. The van der Waals surface area contributed by atoms with Crippen molar-refractivity contribution in [3.05, 3.63) is 131 Å². The highest BCUT2D eigenvalue weighted by molar-refractivity contribution is 7.86. The van der Waals surface area contributed by atoms with Gasteiger partial charge >= 0.3 is 15.6 Å². The van der Waals surface area contributed by atoms with Crippen LogP contribution in [0, 0.1) is 13.8 Å². The Morgan fingerprint density at radius 3 is 1.66 bits per heavy atom. The van der Waals surface area contributed by atoms with Gasteiger partial charge in [-0.3, -0.25) is 4.55 Å². The maximum Gasteiger partial charge on any atom is 0.522 e. The van der Waals surface area contributed by atoms with Crippen molar-refractivity contribution in [3.8, 4) is 44.5 Å². The Morgan fingerprint density at radius 1 is 0.610 bits per heavy atom. The summed E-state index contributed by atoms with van der Waals surface area (Å²) in [7, 11) is -5.84. The number of benzene rings is 5. The lowest BCUT2D eigenvalue weighted by molar-refractivity contribution is -0.0510. The van der Waals surface area contributed by atoms with Gasteiger partial charge in [0.15, 0.2) is 0 Å². The lowest BCUT2D eigenvalue weighted by Crippen LogP contribution is -2.21. The fourth-order valence-electron chi connectivity index (χ4n) is 5.18. The van der Waals surface area contributed by atoms with Gasteiger partial charge in [0.05, 0.1) is 0 Å². The molecule has 6 rings (SSSR count). The largest absolute Gasteiger partial charge is 0.522 e. The van der Waals surface area contributed by atoms with Gasteiger partial charge in [-0.15, -0.1) is 0 Å². The van der Waals surface area contributed by atoms with Crippen molar-refractivity contribution in [2.75, 3.05) is 0 Å². The molecule has 0 saturated heterocycles. The Morgan fingerprint density at radius 2 is 1.10 bits per heavy atom. The van der Waals surface area contributed by atoms with Gasteiger partial charge in [-0.2, -0.15) is 21.6 Å². The number of hydrogen-bond acceptors (Lipinski definition) is 2. The lowest BCUT2D eigenvalue weighted by atomic mass is 9.82. The molecule has 0 aromatic heterocycles. The molecule has 208 valence electrons. The van der Waals surface area contributed by atoms with Gasteiger partial charge in [0.25, 0.3) is 0 Å². The zero-order chi connectivity index (χ0) is 29.4. The summed E-state index contributed by atoms with van der Waals surface area (Å²) in [6.45, 7) is 4.31. The number of alkyl halides is 3. The van der Waals surface area contributed by atoms with E-state index >= 15 is 0 Å². The standard InChI is InChI=1S/C33H26.CHF3O3S/c1-22-12-16-24(17-13-22)29-21-30-28-11-7-6-10-27(28)20-31(30)33(25-8-4-3-5-9-25)32(29)26-18-14-23(2)15-19-26;2-1(3,4)8(5,6)7/h3-19,21H,20H2,1-2H3;(H,5,6,7). The van der Waals surface area contributed by atoms with E-state index in [2.05, 4.69) is 123 Å². The van der Waals surface area contributed by atoms with E-state index in [-0.39, 0.29) is 0 Å². The summed E-state index contributed by atoms with van der Waals surface area (Å²) in [6, 6.07) is 40.2. The normalized spacial score (nSPS) is 12.2. The van der Waals surface area contributed by atoms with Crippen molar-refractivity contribution >= 4 is 10.1 Å². The molecule has 0 unspecified atom stereocenters. The van der Waals surface area contributed by atoms with Crippen LogP contribution in [0.5, 0.6) is 0 Å². The summed E-state index contributed by atoms with van der Waals surface area (Å²) in [5, 5.41) is 0. The number of fused-ring (bicyclic) bond motifs is 3. The van der Waals surface area contributed by atoms with E-state index < -0.39 is 15.6 Å². The first-order chi connectivity index (χ1) is 19.4. The van der Waals surface area contributed by atoms with Gasteiger partial charge < -0.3 is 0 Å². The molecule has 0 bridgehead atoms. The molecule has 5 aromatic carbocycles. The van der Waals surface area contributed by atoms with E-state index in [0.29, 0.717) is 0 Å². The van der Waals surface area contributed by atoms with Gasteiger partial charge in [-0.25, -0.2) is 0 Å². The zero-order valence-corrected chi connectivity index (χ0v) is 23.2. The number of halogens is 3. The Kier molecular flexibility index (Phi) is 7.60. The van der Waals surface area contributed by atoms with Gasteiger partial charge in [0.2, 0.25) is 0 Å². The van der Waals surface area contributed by atoms with Gasteiger partial charge in [0, 0.05) is 0 Å². The maximum absolute atomic E-state index is 10.7. The summed E-state index contributed by atoms with van der Waals surface area (Å²) in [5.74, 6) is 0. The van der Waals surface area contributed by atoms with Crippen molar-refractivity contribution in [1.29, 1.82) is 0 Å². The third-order valence-electron chi connectivity index (χ3n) is 7.17. The molecule has 5 aromatic rings. The first kappa shape index (κ1) is 28.3. The summed E-state index contributed by atoms with van der Waals surface area (Å²) in [4.78, 5) is 0. The van der Waals surface area contributed by atoms with Crippen molar-refractivity contribution < 1.29 is 26.1 Å². The fraction of sp³-hybridized carbons (Fsp3) is 0.118. The minimum Gasteiger partial charge on any atom is -0.279 e. The van der Waals surface area contributed by atoms with Crippen LogP contribution in [-0.2, 0) is 16.5 Å². The summed E-state index contributed by atoms with van der Waals surface area (Å²) in [6.07, 6.45) is 0.975. The molecular weight excluding hydrogens is 545 g/mol. The summed E-state index contributed by atoms with van der Waals surface area (Å²) < 4.78 is 57.5. The molecule has 0 fully saturated rings. The van der Waals surface area contributed by atoms with Crippen LogP contribution in [0.25, 0.3) is 44.5 Å². The molecule has 0 spiro atoms. The van der Waals surface area contributed by atoms with Crippen LogP contribution in [0.4, 0.5) is 13.2 Å². The Hall–Kier alpha value is -4.20. The SMILES string of the molecule is Cc1ccc(-c2cc3c(c(-c4ccccc4)c2-c2ccc(C)cc2)Cc2ccccc2-3)cc1.O=S(=O)(O)C(F)(F)F. The highest BCUT2D eigenvalue weighted by atomic mass is 32.2. The third-order valence-corrected chi connectivity index (χ3v) is 7.75. The minimum absolute atomic E-state index is 0.975. The third kappa shape index (κ3) is 5.82. The van der Waals surface area contributed by atoms with Crippen LogP contribution in [0.15, 0.2) is 109 Å². The van der Waals surface area contributed by atoms with E-state index in [1.165, 1.54) is 66.8 Å².